The van der Waals surface area contributed by atoms with Gasteiger partial charge in [-0.1, -0.05) is 32.1 Å². The molecule has 120 valence electrons. The van der Waals surface area contributed by atoms with Crippen molar-refractivity contribution in [2.24, 2.45) is 0 Å². The molecule has 0 amide bonds. The summed E-state index contributed by atoms with van der Waals surface area (Å²) >= 11 is 0. The Hall–Kier alpha value is -1.39. The lowest BCUT2D eigenvalue weighted by molar-refractivity contribution is -0.135. The van der Waals surface area contributed by atoms with Crippen LogP contribution >= 0.6 is 0 Å². The minimum atomic E-state index is -4.00. The van der Waals surface area contributed by atoms with E-state index in [2.05, 4.69) is 0 Å². The molecule has 1 aromatic carbocycles. The largest absolute Gasteiger partial charge is 0.494 e. The quantitative estimate of drug-likeness (QED) is 0.468. The highest BCUT2D eigenvalue weighted by Crippen LogP contribution is 2.23. The highest BCUT2D eigenvalue weighted by molar-refractivity contribution is 5.41. The van der Waals surface area contributed by atoms with Crippen LogP contribution in [-0.4, -0.2) is 12.8 Å². The van der Waals surface area contributed by atoms with Crippen LogP contribution in [0.4, 0.5) is 18.9 Å². The van der Waals surface area contributed by atoms with Crippen LogP contribution < -0.4 is 10.5 Å². The van der Waals surface area contributed by atoms with Gasteiger partial charge in [0, 0.05) is 12.1 Å². The van der Waals surface area contributed by atoms with Crippen molar-refractivity contribution >= 4 is 5.69 Å². The van der Waals surface area contributed by atoms with Crippen LogP contribution in [0, 0.1) is 0 Å². The van der Waals surface area contributed by atoms with Gasteiger partial charge < -0.3 is 10.5 Å². The molecular weight excluding hydrogens is 279 g/mol. The summed E-state index contributed by atoms with van der Waals surface area (Å²) in [5, 5.41) is 0. The molecule has 1 rings (SSSR count). The first-order chi connectivity index (χ1) is 9.97. The number of hydrogen-bond donors (Lipinski definition) is 1. The van der Waals surface area contributed by atoms with Gasteiger partial charge in [0.15, 0.2) is 0 Å². The number of hydrogen-bond acceptors (Lipinski definition) is 2. The minimum absolute atomic E-state index is 0.254. The van der Waals surface area contributed by atoms with E-state index >= 15 is 0 Å². The first-order valence-electron chi connectivity index (χ1n) is 7.52. The number of alkyl halides is 3. The predicted molar refractivity (Wildman–Crippen MR) is 79.3 cm³/mol. The number of ether oxygens (including phenoxy) is 1. The van der Waals surface area contributed by atoms with E-state index in [1.165, 1.54) is 0 Å². The maximum Gasteiger partial charge on any atom is 0.389 e. The molecule has 0 heterocycles. The number of unbranched alkanes of at least 4 members (excludes halogenated alkanes) is 6. The Morgan fingerprint density at radius 1 is 0.810 bits per heavy atom. The van der Waals surface area contributed by atoms with E-state index < -0.39 is 12.6 Å². The summed E-state index contributed by atoms with van der Waals surface area (Å²) < 4.78 is 41.3. The van der Waals surface area contributed by atoms with E-state index in [9.17, 15) is 13.2 Å². The monoisotopic (exact) mass is 303 g/mol. The lowest BCUT2D eigenvalue weighted by Gasteiger charge is -2.07. The van der Waals surface area contributed by atoms with Gasteiger partial charge in [-0.05, 0) is 37.1 Å². The zero-order chi connectivity index (χ0) is 15.6. The van der Waals surface area contributed by atoms with Crippen molar-refractivity contribution < 1.29 is 17.9 Å². The molecule has 5 heteroatoms. The molecule has 0 bridgehead atoms. The summed E-state index contributed by atoms with van der Waals surface area (Å²) in [6.45, 7) is 0.665. The van der Waals surface area contributed by atoms with E-state index in [0.717, 1.165) is 37.9 Å². The molecule has 0 saturated heterocycles. The van der Waals surface area contributed by atoms with E-state index in [1.807, 2.05) is 12.1 Å². The average Bonchev–Trinajstić information content (AvgIpc) is 2.42. The average molecular weight is 303 g/mol. The van der Waals surface area contributed by atoms with E-state index in [0.29, 0.717) is 18.7 Å². The molecule has 0 aliphatic rings. The van der Waals surface area contributed by atoms with Crippen LogP contribution in [0.25, 0.3) is 0 Å². The number of halogens is 3. The lowest BCUT2D eigenvalue weighted by atomic mass is 10.1. The minimum Gasteiger partial charge on any atom is -0.494 e. The third kappa shape index (κ3) is 10.0. The molecule has 0 saturated carbocycles. The summed E-state index contributed by atoms with van der Waals surface area (Å²) in [5.74, 6) is 0.816. The Kier molecular flexibility index (Phi) is 8.01. The second-order valence-electron chi connectivity index (χ2n) is 5.26. The highest BCUT2D eigenvalue weighted by Gasteiger charge is 2.25. The van der Waals surface area contributed by atoms with Crippen molar-refractivity contribution in [2.75, 3.05) is 12.3 Å². The Bertz CT molecular complexity index is 376. The molecule has 2 nitrogen and oxygen atoms in total. The van der Waals surface area contributed by atoms with Gasteiger partial charge in [0.1, 0.15) is 5.75 Å². The Labute approximate surface area is 124 Å². The summed E-state index contributed by atoms with van der Waals surface area (Å²) in [7, 11) is 0. The molecular formula is C16H24F3NO. The zero-order valence-electron chi connectivity index (χ0n) is 12.3. The normalized spacial score (nSPS) is 11.6. The van der Waals surface area contributed by atoms with Crippen molar-refractivity contribution in [3.8, 4) is 5.75 Å². The van der Waals surface area contributed by atoms with Gasteiger partial charge in [-0.25, -0.2) is 0 Å². The number of benzene rings is 1. The Morgan fingerprint density at radius 2 is 1.33 bits per heavy atom. The maximum absolute atomic E-state index is 11.9. The van der Waals surface area contributed by atoms with Crippen LogP contribution in [0.1, 0.15) is 51.4 Å². The van der Waals surface area contributed by atoms with Crippen molar-refractivity contribution in [1.82, 2.24) is 0 Å². The highest BCUT2D eigenvalue weighted by atomic mass is 19.4. The van der Waals surface area contributed by atoms with Crippen LogP contribution in [-0.2, 0) is 0 Å². The van der Waals surface area contributed by atoms with Gasteiger partial charge in [-0.3, -0.25) is 0 Å². The van der Waals surface area contributed by atoms with Crippen molar-refractivity contribution in [1.29, 1.82) is 0 Å². The molecule has 0 atom stereocenters. The van der Waals surface area contributed by atoms with E-state index in [-0.39, 0.29) is 6.42 Å². The van der Waals surface area contributed by atoms with Crippen LogP contribution in [0.5, 0.6) is 5.75 Å². The first kappa shape index (κ1) is 17.7. The number of rotatable bonds is 10. The second-order valence-corrected chi connectivity index (χ2v) is 5.26. The van der Waals surface area contributed by atoms with E-state index in [4.69, 9.17) is 10.5 Å². The Balaban J connectivity index is 1.88. The third-order valence-electron chi connectivity index (χ3n) is 3.25. The van der Waals surface area contributed by atoms with Crippen LogP contribution in [0.15, 0.2) is 24.3 Å². The van der Waals surface area contributed by atoms with Crippen molar-refractivity contribution in [2.45, 2.75) is 57.5 Å². The van der Waals surface area contributed by atoms with Gasteiger partial charge in [-0.2, -0.15) is 13.2 Å². The van der Waals surface area contributed by atoms with Gasteiger partial charge >= 0.3 is 6.18 Å². The van der Waals surface area contributed by atoms with Gasteiger partial charge in [0.2, 0.25) is 0 Å². The summed E-state index contributed by atoms with van der Waals surface area (Å²) in [6.07, 6.45) is 1.22. The van der Waals surface area contributed by atoms with Crippen molar-refractivity contribution in [3.05, 3.63) is 24.3 Å². The van der Waals surface area contributed by atoms with Crippen molar-refractivity contribution in [3.63, 3.8) is 0 Å². The summed E-state index contributed by atoms with van der Waals surface area (Å²) in [6, 6.07) is 7.29. The molecule has 0 fully saturated rings. The zero-order valence-corrected chi connectivity index (χ0v) is 12.3. The molecule has 0 aromatic heterocycles. The fourth-order valence-corrected chi connectivity index (χ4v) is 2.07. The number of anilines is 1. The van der Waals surface area contributed by atoms with E-state index in [1.54, 1.807) is 12.1 Å². The molecule has 0 unspecified atom stereocenters. The fourth-order valence-electron chi connectivity index (χ4n) is 2.07. The molecule has 0 spiro atoms. The molecule has 2 N–H and O–H groups in total. The summed E-state index contributed by atoms with van der Waals surface area (Å²) in [5.41, 5.74) is 6.29. The summed E-state index contributed by atoms with van der Waals surface area (Å²) in [4.78, 5) is 0. The lowest BCUT2D eigenvalue weighted by Crippen LogP contribution is -2.06. The molecule has 0 aliphatic carbocycles. The number of nitrogen functional groups attached to an aromatic ring is 1. The SMILES string of the molecule is Nc1ccc(OCCCCCCCCCC(F)(F)F)cc1. The van der Waals surface area contributed by atoms with Gasteiger partial charge in [0.05, 0.1) is 6.61 Å². The smallest absolute Gasteiger partial charge is 0.389 e. The maximum atomic E-state index is 11.9. The molecule has 0 aliphatic heterocycles. The van der Waals surface area contributed by atoms with Gasteiger partial charge in [0.25, 0.3) is 0 Å². The van der Waals surface area contributed by atoms with Crippen LogP contribution in [0.3, 0.4) is 0 Å². The number of nitrogens with two attached hydrogens (primary N) is 1. The predicted octanol–water partition coefficient (Wildman–Crippen LogP) is 5.33. The molecule has 21 heavy (non-hydrogen) atoms. The Morgan fingerprint density at radius 3 is 1.90 bits per heavy atom. The van der Waals surface area contributed by atoms with Crippen LogP contribution in [0.2, 0.25) is 0 Å². The van der Waals surface area contributed by atoms with Gasteiger partial charge in [-0.15, -0.1) is 0 Å². The third-order valence-corrected chi connectivity index (χ3v) is 3.25. The standard InChI is InChI=1S/C16H24F3NO/c17-16(18,19)12-6-4-2-1-3-5-7-13-21-15-10-8-14(20)9-11-15/h8-11H,1-7,12-13,20H2. The second kappa shape index (κ2) is 9.53. The topological polar surface area (TPSA) is 35.2 Å². The molecule has 0 radical (unpaired) electrons. The first-order valence-corrected chi connectivity index (χ1v) is 7.52. The fraction of sp³-hybridized carbons (Fsp3) is 0.625. The molecule has 1 aromatic rings.